The molecule has 0 saturated heterocycles. The van der Waals surface area contributed by atoms with Crippen molar-refractivity contribution in [3.05, 3.63) is 64.7 Å². The molecule has 3 rings (SSSR count). The number of halogens is 6. The van der Waals surface area contributed by atoms with E-state index in [4.69, 9.17) is 20.7 Å². The highest BCUT2D eigenvalue weighted by molar-refractivity contribution is 6.09. The Bertz CT molecular complexity index is 1260. The smallest absolute Gasteiger partial charge is 0.481 e. The molecule has 0 aliphatic carbocycles. The summed E-state index contributed by atoms with van der Waals surface area (Å²) < 4.78 is 70.5. The van der Waals surface area contributed by atoms with Crippen molar-refractivity contribution >= 4 is 29.4 Å². The van der Waals surface area contributed by atoms with E-state index in [1.54, 1.807) is 12.1 Å². The molecular formula is C27H29F6N3O6. The third-order valence-electron chi connectivity index (χ3n) is 6.13. The molecule has 0 atom stereocenters. The molecule has 9 nitrogen and oxygen atoms in total. The first-order valence-corrected chi connectivity index (χ1v) is 12.6. The zero-order valence-corrected chi connectivity index (χ0v) is 22.2. The van der Waals surface area contributed by atoms with Gasteiger partial charge in [-0.3, -0.25) is 14.4 Å². The van der Waals surface area contributed by atoms with E-state index in [1.165, 1.54) is 21.9 Å². The van der Waals surface area contributed by atoms with E-state index in [0.29, 0.717) is 24.2 Å². The lowest BCUT2D eigenvalue weighted by atomic mass is 10.0. The van der Waals surface area contributed by atoms with E-state index in [-0.39, 0.29) is 31.6 Å². The average molecular weight is 606 g/mol. The van der Waals surface area contributed by atoms with Gasteiger partial charge in [-0.2, -0.15) is 26.3 Å². The third-order valence-corrected chi connectivity index (χ3v) is 6.13. The van der Waals surface area contributed by atoms with Crippen molar-refractivity contribution in [1.82, 2.24) is 4.90 Å². The number of benzene rings is 2. The summed E-state index contributed by atoms with van der Waals surface area (Å²) in [6, 6.07) is 9.72. The summed E-state index contributed by atoms with van der Waals surface area (Å²) in [5.41, 5.74) is 6.73. The van der Waals surface area contributed by atoms with Gasteiger partial charge in [-0.1, -0.05) is 24.6 Å². The van der Waals surface area contributed by atoms with Crippen molar-refractivity contribution in [3.63, 3.8) is 0 Å². The number of carbonyl (C=O) groups excluding carboxylic acids is 2. The van der Waals surface area contributed by atoms with Crippen LogP contribution in [0.4, 0.5) is 32.0 Å². The van der Waals surface area contributed by atoms with Gasteiger partial charge in [0.1, 0.15) is 6.54 Å². The number of nitrogens with two attached hydrogens (primary N) is 1. The van der Waals surface area contributed by atoms with E-state index in [1.807, 2.05) is 6.07 Å². The summed E-state index contributed by atoms with van der Waals surface area (Å²) >= 11 is 0. The Labute approximate surface area is 236 Å². The van der Waals surface area contributed by atoms with Crippen molar-refractivity contribution in [2.24, 2.45) is 5.73 Å². The van der Waals surface area contributed by atoms with E-state index in [2.05, 4.69) is 0 Å². The number of aryl methyl sites for hydroxylation is 1. The normalized spacial score (nSPS) is 13.7. The zero-order chi connectivity index (χ0) is 31.7. The van der Waals surface area contributed by atoms with E-state index in [0.717, 1.165) is 37.0 Å². The number of rotatable bonds is 10. The summed E-state index contributed by atoms with van der Waals surface area (Å²) in [7, 11) is 0. The minimum atomic E-state index is -5.08. The van der Waals surface area contributed by atoms with Crippen LogP contribution < -0.4 is 10.6 Å². The topological polar surface area (TPSA) is 141 Å². The van der Waals surface area contributed by atoms with Crippen LogP contribution in [0.15, 0.2) is 42.5 Å². The highest BCUT2D eigenvalue weighted by Crippen LogP contribution is 2.31. The molecule has 0 fully saturated rings. The van der Waals surface area contributed by atoms with E-state index in [9.17, 15) is 40.7 Å². The summed E-state index contributed by atoms with van der Waals surface area (Å²) in [4.78, 5) is 49.0. The molecule has 15 heteroatoms. The number of alkyl halides is 6. The molecule has 1 aliphatic rings. The molecule has 42 heavy (non-hydrogen) atoms. The van der Waals surface area contributed by atoms with Crippen LogP contribution in [-0.2, 0) is 33.5 Å². The van der Waals surface area contributed by atoms with E-state index >= 15 is 0 Å². The van der Waals surface area contributed by atoms with Crippen molar-refractivity contribution in [2.75, 3.05) is 24.5 Å². The van der Waals surface area contributed by atoms with Crippen molar-refractivity contribution in [1.29, 1.82) is 0 Å². The van der Waals surface area contributed by atoms with E-state index < -0.39 is 41.7 Å². The number of carboxylic acids is 2. The van der Waals surface area contributed by atoms with Gasteiger partial charge in [0, 0.05) is 6.54 Å². The Morgan fingerprint density at radius 3 is 2.00 bits per heavy atom. The van der Waals surface area contributed by atoms with Crippen LogP contribution in [-0.4, -0.2) is 64.7 Å². The maximum atomic E-state index is 13.3. The molecule has 0 spiro atoms. The number of carbonyl (C=O) groups is 4. The number of hydrogen-bond donors (Lipinski definition) is 3. The lowest BCUT2D eigenvalue weighted by Gasteiger charge is -2.23. The molecule has 0 saturated carbocycles. The molecule has 2 amide bonds. The molecule has 1 aliphatic heterocycles. The molecule has 0 aromatic heterocycles. The predicted octanol–water partition coefficient (Wildman–Crippen LogP) is 4.47. The summed E-state index contributed by atoms with van der Waals surface area (Å²) in [5, 5.41) is 16.2. The summed E-state index contributed by atoms with van der Waals surface area (Å²) in [6.45, 7) is 0.115. The molecule has 0 bridgehead atoms. The van der Waals surface area contributed by atoms with Gasteiger partial charge in [0.2, 0.25) is 5.91 Å². The van der Waals surface area contributed by atoms with Crippen LogP contribution in [0, 0.1) is 0 Å². The first kappa shape index (κ1) is 34.1. The minimum Gasteiger partial charge on any atom is -0.481 e. The highest BCUT2D eigenvalue weighted by Gasteiger charge is 2.38. The highest BCUT2D eigenvalue weighted by atomic mass is 19.4. The van der Waals surface area contributed by atoms with Gasteiger partial charge >= 0.3 is 24.3 Å². The minimum absolute atomic E-state index is 0.0279. The summed E-state index contributed by atoms with van der Waals surface area (Å²) in [5.74, 6) is -4.75. The molecular weight excluding hydrogens is 576 g/mol. The van der Waals surface area contributed by atoms with Crippen molar-refractivity contribution < 1.29 is 55.7 Å². The zero-order valence-electron chi connectivity index (χ0n) is 22.2. The standard InChI is InChI=1S/C25H28F3N3O4.C2HF3O2/c26-25(27,28)19-8-5-18(6-9-19)15-31-21-10-7-17(4-2-1-3-12-29)14-20(21)24(35)30(16-22(31)32)13-11-23(33)34;3-2(4,5)1(6)7/h5-10,14H,1-4,11-13,15-16,29H2,(H,33,34);(H,6,7). The quantitative estimate of drug-likeness (QED) is 0.268. The Morgan fingerprint density at radius 1 is 0.881 bits per heavy atom. The molecule has 0 radical (unpaired) electrons. The Balaban J connectivity index is 0.000000782. The maximum Gasteiger partial charge on any atom is 0.490 e. The lowest BCUT2D eigenvalue weighted by molar-refractivity contribution is -0.192. The number of anilines is 1. The van der Waals surface area contributed by atoms with Crippen LogP contribution in [0.2, 0.25) is 0 Å². The number of hydrogen-bond acceptors (Lipinski definition) is 5. The SMILES string of the molecule is NCCCCCc1ccc2c(c1)C(=O)N(CCC(=O)O)CC(=O)N2Cc1ccc(C(F)(F)F)cc1.O=C(O)C(F)(F)F. The molecule has 4 N–H and O–H groups in total. The largest absolute Gasteiger partial charge is 0.490 e. The maximum absolute atomic E-state index is 13.3. The molecule has 2 aromatic carbocycles. The monoisotopic (exact) mass is 605 g/mol. The van der Waals surface area contributed by atoms with Crippen molar-refractivity contribution in [3.8, 4) is 0 Å². The molecule has 2 aromatic rings. The Morgan fingerprint density at radius 2 is 1.48 bits per heavy atom. The molecule has 230 valence electrons. The fourth-order valence-corrected chi connectivity index (χ4v) is 3.99. The van der Waals surface area contributed by atoms with Gasteiger partial charge < -0.3 is 25.7 Å². The van der Waals surface area contributed by atoms with Crippen molar-refractivity contribution in [2.45, 2.75) is 51.0 Å². The Kier molecular flexibility index (Phi) is 11.9. The average Bonchev–Trinajstić information content (AvgIpc) is 2.99. The fourth-order valence-electron chi connectivity index (χ4n) is 3.99. The van der Waals surface area contributed by atoms with Gasteiger partial charge in [-0.15, -0.1) is 0 Å². The number of unbranched alkanes of at least 4 members (excludes halogenated alkanes) is 2. The fraction of sp³-hybridized carbons (Fsp3) is 0.407. The number of nitrogens with zero attached hydrogens (tertiary/aromatic N) is 2. The van der Waals surface area contributed by atoms with Gasteiger partial charge in [0.25, 0.3) is 5.91 Å². The van der Waals surface area contributed by atoms with Gasteiger partial charge in [-0.25, -0.2) is 4.79 Å². The first-order valence-electron chi connectivity index (χ1n) is 12.6. The molecule has 0 unspecified atom stereocenters. The van der Waals surface area contributed by atoms with Crippen LogP contribution in [0.3, 0.4) is 0 Å². The van der Waals surface area contributed by atoms with Gasteiger partial charge in [0.15, 0.2) is 0 Å². The second-order valence-electron chi connectivity index (χ2n) is 9.30. The number of carboxylic acid groups (broad SMARTS) is 2. The van der Waals surface area contributed by atoms with Gasteiger partial charge in [0.05, 0.1) is 29.8 Å². The predicted molar refractivity (Wildman–Crippen MR) is 138 cm³/mol. The number of fused-ring (bicyclic) bond motifs is 1. The van der Waals surface area contributed by atoms with Crippen LogP contribution in [0.25, 0.3) is 0 Å². The molecule has 1 heterocycles. The van der Waals surface area contributed by atoms with Gasteiger partial charge in [-0.05, 0) is 61.2 Å². The third kappa shape index (κ3) is 10.0. The second kappa shape index (κ2) is 14.7. The lowest BCUT2D eigenvalue weighted by Crippen LogP contribution is -2.40. The first-order chi connectivity index (χ1) is 19.5. The van der Waals surface area contributed by atoms with Crippen LogP contribution in [0.5, 0.6) is 0 Å². The Hall–Kier alpha value is -4.14. The van der Waals surface area contributed by atoms with Crippen LogP contribution >= 0.6 is 0 Å². The second-order valence-corrected chi connectivity index (χ2v) is 9.30. The number of amides is 2. The number of aliphatic carboxylic acids is 2. The summed E-state index contributed by atoms with van der Waals surface area (Å²) in [6.07, 6.45) is -6.45. The van der Waals surface area contributed by atoms with Crippen LogP contribution in [0.1, 0.15) is 52.7 Å².